The summed E-state index contributed by atoms with van der Waals surface area (Å²) in [5, 5.41) is 27.6. The molecule has 2 aliphatic rings. The summed E-state index contributed by atoms with van der Waals surface area (Å²) in [6.45, 7) is 8.05. The number of nitrogens with zero attached hydrogens (tertiary/aromatic N) is 1. The predicted octanol–water partition coefficient (Wildman–Crippen LogP) is 3.43. The Labute approximate surface area is 249 Å². The van der Waals surface area contributed by atoms with Crippen molar-refractivity contribution in [3.05, 3.63) is 59.7 Å². The minimum Gasteiger partial charge on any atom is -0.508 e. The van der Waals surface area contributed by atoms with Crippen LogP contribution < -0.4 is 10.6 Å². The first kappa shape index (κ1) is 32.0. The van der Waals surface area contributed by atoms with Gasteiger partial charge in [0.1, 0.15) is 5.75 Å². The van der Waals surface area contributed by atoms with Gasteiger partial charge in [0.2, 0.25) is 5.91 Å². The molecule has 2 fully saturated rings. The van der Waals surface area contributed by atoms with Crippen LogP contribution in [-0.4, -0.2) is 77.9 Å². The number of benzene rings is 2. The number of carbonyl (C=O) groups is 2. The van der Waals surface area contributed by atoms with Gasteiger partial charge in [-0.05, 0) is 76.6 Å². The van der Waals surface area contributed by atoms with Crippen LogP contribution in [0, 0.1) is 18.8 Å². The average molecular weight is 600 g/mol. The molecule has 0 radical (unpaired) electrons. The third-order valence-electron chi connectivity index (χ3n) is 8.56. The molecule has 1 saturated carbocycles. The Morgan fingerprint density at radius 2 is 1.69 bits per heavy atom. The molecule has 230 valence electrons. The number of nitrogens with one attached hydrogen (secondary N) is 2. The fourth-order valence-corrected chi connectivity index (χ4v) is 7.86. The summed E-state index contributed by atoms with van der Waals surface area (Å²) in [5.41, 5.74) is 0.117. The van der Waals surface area contributed by atoms with Crippen LogP contribution in [0.15, 0.2) is 53.4 Å². The van der Waals surface area contributed by atoms with Crippen molar-refractivity contribution in [3.8, 4) is 5.75 Å². The molecule has 0 spiro atoms. The van der Waals surface area contributed by atoms with Crippen molar-refractivity contribution >= 4 is 21.7 Å². The topological polar surface area (TPSA) is 136 Å². The lowest BCUT2D eigenvalue weighted by Gasteiger charge is -2.47. The van der Waals surface area contributed by atoms with Crippen molar-refractivity contribution in [1.29, 1.82) is 0 Å². The Morgan fingerprint density at radius 3 is 2.36 bits per heavy atom. The van der Waals surface area contributed by atoms with Gasteiger partial charge in [0.25, 0.3) is 5.91 Å². The number of hydrogen-bond donors (Lipinski definition) is 4. The highest BCUT2D eigenvalue weighted by Gasteiger charge is 2.42. The van der Waals surface area contributed by atoms with Crippen LogP contribution in [0.3, 0.4) is 0 Å². The Bertz CT molecular complexity index is 1360. The molecule has 2 amide bonds. The smallest absolute Gasteiger partial charge is 0.252 e. The van der Waals surface area contributed by atoms with Crippen molar-refractivity contribution < 1.29 is 28.2 Å². The first-order chi connectivity index (χ1) is 19.7. The maximum atomic E-state index is 13.5. The van der Waals surface area contributed by atoms with Crippen molar-refractivity contribution in [2.24, 2.45) is 11.8 Å². The van der Waals surface area contributed by atoms with E-state index in [4.69, 9.17) is 0 Å². The van der Waals surface area contributed by atoms with E-state index in [0.717, 1.165) is 25.7 Å². The summed E-state index contributed by atoms with van der Waals surface area (Å²) >= 11 is 0. The van der Waals surface area contributed by atoms with Gasteiger partial charge in [-0.2, -0.15) is 0 Å². The molecule has 10 heteroatoms. The Balaban J connectivity index is 1.61. The highest BCUT2D eigenvalue weighted by atomic mass is 32.2. The average Bonchev–Trinajstić information content (AvgIpc) is 2.93. The molecule has 1 saturated heterocycles. The summed E-state index contributed by atoms with van der Waals surface area (Å²) in [6.07, 6.45) is 3.82. The number of phenols is 1. The third-order valence-corrected chi connectivity index (χ3v) is 10.3. The first-order valence-corrected chi connectivity index (χ1v) is 16.5. The number of sulfone groups is 1. The standard InChI is InChI=1S/C32H45N3O6S/c1-21-25(15-10-16-28(21)36)30(38)33-26(20-42(40,41)24-13-6-5-7-14-24)29(37)19-35-18-23-12-9-8-11-22(23)17-27(35)31(39)34-32(2,3)4/h5-7,10,13-16,22-23,26-27,29,36-37H,8-9,11-12,17-20H2,1-4H3,(H,33,38)(H,34,39). The molecule has 5 unspecified atom stereocenters. The van der Waals surface area contributed by atoms with Gasteiger partial charge in [-0.3, -0.25) is 14.5 Å². The van der Waals surface area contributed by atoms with E-state index in [1.54, 1.807) is 31.2 Å². The molecule has 4 rings (SSSR count). The van der Waals surface area contributed by atoms with Gasteiger partial charge in [0.05, 0.1) is 28.8 Å². The zero-order valence-electron chi connectivity index (χ0n) is 25.0. The van der Waals surface area contributed by atoms with E-state index in [2.05, 4.69) is 10.6 Å². The minimum atomic E-state index is -3.89. The Morgan fingerprint density at radius 1 is 1.02 bits per heavy atom. The molecule has 0 aromatic heterocycles. The second kappa shape index (κ2) is 13.1. The lowest BCUT2D eigenvalue weighted by atomic mass is 9.72. The summed E-state index contributed by atoms with van der Waals surface area (Å²) in [7, 11) is -3.89. The van der Waals surface area contributed by atoms with E-state index >= 15 is 0 Å². The fourth-order valence-electron chi connectivity index (χ4n) is 6.32. The zero-order valence-corrected chi connectivity index (χ0v) is 25.9. The largest absolute Gasteiger partial charge is 0.508 e. The summed E-state index contributed by atoms with van der Waals surface area (Å²) in [6, 6.07) is 10.9. The van der Waals surface area contributed by atoms with E-state index in [1.807, 2.05) is 25.7 Å². The second-order valence-electron chi connectivity index (χ2n) is 12.9. The number of aliphatic hydroxyl groups excluding tert-OH is 1. The van der Waals surface area contributed by atoms with E-state index in [1.165, 1.54) is 24.3 Å². The van der Waals surface area contributed by atoms with Crippen LogP contribution in [0.4, 0.5) is 0 Å². The zero-order chi connectivity index (χ0) is 30.7. The van der Waals surface area contributed by atoms with Gasteiger partial charge in [0.15, 0.2) is 9.84 Å². The van der Waals surface area contributed by atoms with Crippen molar-refractivity contribution in [2.75, 3.05) is 18.8 Å². The van der Waals surface area contributed by atoms with Gasteiger partial charge in [-0.15, -0.1) is 0 Å². The van der Waals surface area contributed by atoms with Gasteiger partial charge < -0.3 is 20.8 Å². The molecule has 5 atom stereocenters. The minimum absolute atomic E-state index is 0.0275. The molecule has 2 aromatic carbocycles. The predicted molar refractivity (Wildman–Crippen MR) is 162 cm³/mol. The van der Waals surface area contributed by atoms with Gasteiger partial charge in [-0.25, -0.2) is 8.42 Å². The number of β-amino-alcohol motifs (C(OH)–C–C–N with tert-alkyl or cyclic N) is 1. The molecule has 1 heterocycles. The van der Waals surface area contributed by atoms with Crippen LogP contribution in [0.25, 0.3) is 0 Å². The molecule has 9 nitrogen and oxygen atoms in total. The van der Waals surface area contributed by atoms with E-state index < -0.39 is 45.2 Å². The van der Waals surface area contributed by atoms with E-state index in [-0.39, 0.29) is 28.7 Å². The number of carbonyl (C=O) groups excluding carboxylic acids is 2. The number of hydrogen-bond acceptors (Lipinski definition) is 7. The second-order valence-corrected chi connectivity index (χ2v) is 15.0. The molecular formula is C32H45N3O6S. The number of piperidine rings is 1. The number of likely N-dealkylation sites (tertiary alicyclic amines) is 1. The molecule has 4 N–H and O–H groups in total. The maximum Gasteiger partial charge on any atom is 0.252 e. The molecule has 42 heavy (non-hydrogen) atoms. The lowest BCUT2D eigenvalue weighted by molar-refractivity contribution is -0.132. The van der Waals surface area contributed by atoms with Crippen molar-refractivity contribution in [3.63, 3.8) is 0 Å². The summed E-state index contributed by atoms with van der Waals surface area (Å²) in [5.74, 6) is -0.443. The normalized spacial score (nSPS) is 22.9. The van der Waals surface area contributed by atoms with Crippen molar-refractivity contribution in [2.45, 2.75) is 88.4 Å². The monoisotopic (exact) mass is 599 g/mol. The molecule has 2 aromatic rings. The number of aromatic hydroxyl groups is 1. The summed E-state index contributed by atoms with van der Waals surface area (Å²) < 4.78 is 26.8. The number of phenolic OH excluding ortho intramolecular Hbond substituents is 1. The van der Waals surface area contributed by atoms with Crippen LogP contribution in [0.5, 0.6) is 5.75 Å². The van der Waals surface area contributed by atoms with Crippen LogP contribution in [0.2, 0.25) is 0 Å². The number of rotatable bonds is 9. The molecule has 1 aliphatic heterocycles. The SMILES string of the molecule is Cc1c(O)cccc1C(=O)NC(CS(=O)(=O)c1ccccc1)C(O)CN1CC2CCCCC2CC1C(=O)NC(C)(C)C. The molecular weight excluding hydrogens is 554 g/mol. The van der Waals surface area contributed by atoms with Crippen LogP contribution in [0.1, 0.15) is 68.8 Å². The van der Waals surface area contributed by atoms with Gasteiger partial charge in [-0.1, -0.05) is 43.5 Å². The molecule has 0 bridgehead atoms. The maximum absolute atomic E-state index is 13.5. The van der Waals surface area contributed by atoms with Gasteiger partial charge >= 0.3 is 0 Å². The van der Waals surface area contributed by atoms with Gasteiger partial charge in [0, 0.05) is 29.8 Å². The summed E-state index contributed by atoms with van der Waals surface area (Å²) in [4.78, 5) is 28.9. The Kier molecular flexibility index (Phi) is 10.0. The lowest BCUT2D eigenvalue weighted by Crippen LogP contribution is -2.60. The van der Waals surface area contributed by atoms with E-state index in [9.17, 15) is 28.2 Å². The van der Waals surface area contributed by atoms with Crippen LogP contribution in [-0.2, 0) is 14.6 Å². The highest BCUT2D eigenvalue weighted by molar-refractivity contribution is 7.91. The van der Waals surface area contributed by atoms with E-state index in [0.29, 0.717) is 30.4 Å². The highest BCUT2D eigenvalue weighted by Crippen LogP contribution is 2.39. The fraction of sp³-hybridized carbons (Fsp3) is 0.562. The number of aliphatic hydroxyl groups is 1. The Hall–Kier alpha value is -2.95. The number of fused-ring (bicyclic) bond motifs is 1. The van der Waals surface area contributed by atoms with Crippen LogP contribution >= 0.6 is 0 Å². The number of amides is 2. The molecule has 1 aliphatic carbocycles. The third kappa shape index (κ3) is 7.90. The first-order valence-electron chi connectivity index (χ1n) is 14.9. The quantitative estimate of drug-likeness (QED) is 0.347. The van der Waals surface area contributed by atoms with Crippen molar-refractivity contribution in [1.82, 2.24) is 15.5 Å².